The minimum Gasteiger partial charge on any atom is -0.469 e. The summed E-state index contributed by atoms with van der Waals surface area (Å²) in [7, 11) is 1.40. The molecule has 0 amide bonds. The van der Waals surface area contributed by atoms with Crippen LogP contribution in [0.25, 0.3) is 0 Å². The lowest BCUT2D eigenvalue weighted by Gasteiger charge is -1.99. The molecule has 1 rings (SSSR count). The van der Waals surface area contributed by atoms with Crippen LogP contribution in [0.2, 0.25) is 0 Å². The minimum atomic E-state index is -0.170. The second-order valence-electron chi connectivity index (χ2n) is 2.36. The molecule has 0 saturated carbocycles. The summed E-state index contributed by atoms with van der Waals surface area (Å²) in [6.07, 6.45) is 3.95. The van der Waals surface area contributed by atoms with Crippen molar-refractivity contribution in [2.75, 3.05) is 12.9 Å². The highest BCUT2D eigenvalue weighted by atomic mass is 32.2. The first-order chi connectivity index (χ1) is 6.33. The third-order valence-corrected chi connectivity index (χ3v) is 2.42. The van der Waals surface area contributed by atoms with Gasteiger partial charge in [0, 0.05) is 23.0 Å². The SMILES string of the molecule is COC(=O)CCSc1cccnc1. The first-order valence-corrected chi connectivity index (χ1v) is 4.91. The van der Waals surface area contributed by atoms with Gasteiger partial charge in [-0.05, 0) is 12.1 Å². The molecule has 0 aliphatic carbocycles. The van der Waals surface area contributed by atoms with Crippen molar-refractivity contribution in [1.82, 2.24) is 4.98 Å². The van der Waals surface area contributed by atoms with Gasteiger partial charge in [0.25, 0.3) is 0 Å². The van der Waals surface area contributed by atoms with Crippen molar-refractivity contribution >= 4 is 17.7 Å². The molecular formula is C9H11NO2S. The number of esters is 1. The van der Waals surface area contributed by atoms with Gasteiger partial charge in [-0.2, -0.15) is 0 Å². The zero-order valence-corrected chi connectivity index (χ0v) is 8.21. The van der Waals surface area contributed by atoms with Crippen LogP contribution in [0, 0.1) is 0 Å². The highest BCUT2D eigenvalue weighted by Gasteiger charge is 2.00. The van der Waals surface area contributed by atoms with E-state index in [1.165, 1.54) is 7.11 Å². The molecule has 0 fully saturated rings. The number of aromatic nitrogens is 1. The molecule has 1 aromatic rings. The lowest BCUT2D eigenvalue weighted by atomic mass is 10.5. The van der Waals surface area contributed by atoms with Gasteiger partial charge in [0.1, 0.15) is 0 Å². The predicted molar refractivity (Wildman–Crippen MR) is 51.6 cm³/mol. The molecule has 0 saturated heterocycles. The van der Waals surface area contributed by atoms with E-state index in [1.807, 2.05) is 12.1 Å². The normalized spacial score (nSPS) is 9.62. The van der Waals surface area contributed by atoms with E-state index in [2.05, 4.69) is 9.72 Å². The number of methoxy groups -OCH3 is 1. The van der Waals surface area contributed by atoms with E-state index in [0.29, 0.717) is 6.42 Å². The second-order valence-corrected chi connectivity index (χ2v) is 3.53. The molecule has 0 unspecified atom stereocenters. The molecule has 4 heteroatoms. The number of rotatable bonds is 4. The molecule has 0 spiro atoms. The van der Waals surface area contributed by atoms with Crippen molar-refractivity contribution in [2.45, 2.75) is 11.3 Å². The van der Waals surface area contributed by atoms with Crippen LogP contribution in [0.5, 0.6) is 0 Å². The number of ether oxygens (including phenoxy) is 1. The van der Waals surface area contributed by atoms with Gasteiger partial charge in [-0.3, -0.25) is 9.78 Å². The third-order valence-electron chi connectivity index (χ3n) is 1.44. The molecule has 1 heterocycles. The molecule has 0 aromatic carbocycles. The average Bonchev–Trinajstić information content (AvgIpc) is 2.19. The Morgan fingerprint density at radius 3 is 3.15 bits per heavy atom. The summed E-state index contributed by atoms with van der Waals surface area (Å²) in [6.45, 7) is 0. The standard InChI is InChI=1S/C9H11NO2S/c1-12-9(11)4-6-13-8-3-2-5-10-7-8/h2-3,5,7H,4,6H2,1H3. The van der Waals surface area contributed by atoms with Gasteiger partial charge >= 0.3 is 5.97 Å². The molecule has 13 heavy (non-hydrogen) atoms. The van der Waals surface area contributed by atoms with E-state index >= 15 is 0 Å². The maximum atomic E-state index is 10.8. The highest BCUT2D eigenvalue weighted by molar-refractivity contribution is 7.99. The zero-order chi connectivity index (χ0) is 9.52. The smallest absolute Gasteiger partial charge is 0.306 e. The third kappa shape index (κ3) is 3.94. The topological polar surface area (TPSA) is 39.2 Å². The number of pyridine rings is 1. The van der Waals surface area contributed by atoms with E-state index in [1.54, 1.807) is 24.2 Å². The van der Waals surface area contributed by atoms with Crippen LogP contribution in [0.15, 0.2) is 29.4 Å². The fraction of sp³-hybridized carbons (Fsp3) is 0.333. The van der Waals surface area contributed by atoms with Crippen LogP contribution in [0.4, 0.5) is 0 Å². The second kappa shape index (κ2) is 5.59. The number of hydrogen-bond donors (Lipinski definition) is 0. The van der Waals surface area contributed by atoms with Gasteiger partial charge in [-0.1, -0.05) is 0 Å². The summed E-state index contributed by atoms with van der Waals surface area (Å²) >= 11 is 1.60. The number of carbonyl (C=O) groups is 1. The zero-order valence-electron chi connectivity index (χ0n) is 7.40. The summed E-state index contributed by atoms with van der Waals surface area (Å²) < 4.78 is 4.52. The van der Waals surface area contributed by atoms with E-state index in [4.69, 9.17) is 0 Å². The van der Waals surface area contributed by atoms with Gasteiger partial charge < -0.3 is 4.74 Å². The Hall–Kier alpha value is -1.03. The first-order valence-electron chi connectivity index (χ1n) is 3.92. The number of hydrogen-bond acceptors (Lipinski definition) is 4. The Labute approximate surface area is 81.5 Å². The Morgan fingerprint density at radius 1 is 1.69 bits per heavy atom. The predicted octanol–water partition coefficient (Wildman–Crippen LogP) is 1.74. The molecule has 3 nitrogen and oxygen atoms in total. The maximum absolute atomic E-state index is 10.8. The molecule has 0 radical (unpaired) electrons. The summed E-state index contributed by atoms with van der Waals surface area (Å²) in [5.74, 6) is 0.564. The molecule has 0 atom stereocenters. The lowest BCUT2D eigenvalue weighted by molar-refractivity contribution is -0.140. The van der Waals surface area contributed by atoms with Gasteiger partial charge in [0.15, 0.2) is 0 Å². The summed E-state index contributed by atoms with van der Waals surface area (Å²) in [5.41, 5.74) is 0. The van der Waals surface area contributed by atoms with Gasteiger partial charge in [-0.25, -0.2) is 0 Å². The van der Waals surface area contributed by atoms with Crippen LogP contribution in [0.3, 0.4) is 0 Å². The Bertz CT molecular complexity index is 264. The van der Waals surface area contributed by atoms with Crippen molar-refractivity contribution in [3.63, 3.8) is 0 Å². The largest absolute Gasteiger partial charge is 0.469 e. The maximum Gasteiger partial charge on any atom is 0.306 e. The van der Waals surface area contributed by atoms with Crippen molar-refractivity contribution in [2.24, 2.45) is 0 Å². The lowest BCUT2D eigenvalue weighted by Crippen LogP contribution is -2.00. The molecular weight excluding hydrogens is 186 g/mol. The monoisotopic (exact) mass is 197 g/mol. The summed E-state index contributed by atoms with van der Waals surface area (Å²) in [5, 5.41) is 0. The molecule has 70 valence electrons. The number of thioether (sulfide) groups is 1. The van der Waals surface area contributed by atoms with E-state index in [0.717, 1.165) is 10.6 Å². The van der Waals surface area contributed by atoms with Crippen molar-refractivity contribution in [3.05, 3.63) is 24.5 Å². The van der Waals surface area contributed by atoms with Crippen molar-refractivity contribution in [3.8, 4) is 0 Å². The summed E-state index contributed by atoms with van der Waals surface area (Å²) in [4.78, 5) is 15.8. The molecule has 0 N–H and O–H groups in total. The molecule has 1 aromatic heterocycles. The fourth-order valence-electron chi connectivity index (χ4n) is 0.787. The first kappa shape index (κ1) is 10.1. The summed E-state index contributed by atoms with van der Waals surface area (Å²) in [6, 6.07) is 3.84. The average molecular weight is 197 g/mol. The molecule has 0 bridgehead atoms. The molecule has 0 aliphatic rings. The molecule has 0 aliphatic heterocycles. The van der Waals surface area contributed by atoms with Crippen LogP contribution in [0.1, 0.15) is 6.42 Å². The van der Waals surface area contributed by atoms with Crippen LogP contribution >= 0.6 is 11.8 Å². The van der Waals surface area contributed by atoms with Gasteiger partial charge in [0.2, 0.25) is 0 Å². The highest BCUT2D eigenvalue weighted by Crippen LogP contribution is 2.16. The number of carbonyl (C=O) groups excluding carboxylic acids is 1. The van der Waals surface area contributed by atoms with Gasteiger partial charge in [-0.15, -0.1) is 11.8 Å². The fourth-order valence-corrected chi connectivity index (χ4v) is 1.60. The van der Waals surface area contributed by atoms with Crippen LogP contribution in [-0.4, -0.2) is 23.8 Å². The van der Waals surface area contributed by atoms with E-state index in [-0.39, 0.29) is 5.97 Å². The Kier molecular flexibility index (Phi) is 4.32. The van der Waals surface area contributed by atoms with E-state index in [9.17, 15) is 4.79 Å². The van der Waals surface area contributed by atoms with Crippen LogP contribution < -0.4 is 0 Å². The Morgan fingerprint density at radius 2 is 2.54 bits per heavy atom. The van der Waals surface area contributed by atoms with Gasteiger partial charge in [0.05, 0.1) is 13.5 Å². The Balaban J connectivity index is 2.24. The van der Waals surface area contributed by atoms with Crippen molar-refractivity contribution < 1.29 is 9.53 Å². The van der Waals surface area contributed by atoms with Crippen molar-refractivity contribution in [1.29, 1.82) is 0 Å². The van der Waals surface area contributed by atoms with E-state index < -0.39 is 0 Å². The quantitative estimate of drug-likeness (QED) is 0.544. The minimum absolute atomic E-state index is 0.170. The number of nitrogens with zero attached hydrogens (tertiary/aromatic N) is 1. The van der Waals surface area contributed by atoms with Crippen LogP contribution in [-0.2, 0) is 9.53 Å².